The molecule has 0 saturated carbocycles. The number of carbonyl (C=O) groups excluding carboxylic acids is 1. The molecular weight excluding hydrogens is 432 g/mol. The third-order valence-corrected chi connectivity index (χ3v) is 6.96. The minimum absolute atomic E-state index is 0.0217. The molecule has 0 radical (unpaired) electrons. The fourth-order valence-corrected chi connectivity index (χ4v) is 4.89. The predicted molar refractivity (Wildman–Crippen MR) is 122 cm³/mol. The third-order valence-electron chi connectivity index (χ3n) is 4.61. The number of aryl methyl sites for hydroxylation is 1. The molecule has 31 heavy (non-hydrogen) atoms. The minimum atomic E-state index is -3.71. The van der Waals surface area contributed by atoms with Crippen molar-refractivity contribution in [2.45, 2.75) is 18.2 Å². The normalized spacial score (nSPS) is 11.5. The van der Waals surface area contributed by atoms with Crippen LogP contribution in [-0.2, 0) is 14.8 Å². The number of benzene rings is 3. The van der Waals surface area contributed by atoms with Gasteiger partial charge in [-0.25, -0.2) is 13.1 Å². The van der Waals surface area contributed by atoms with Gasteiger partial charge in [0.15, 0.2) is 0 Å². The molecule has 4 rings (SSSR count). The van der Waals surface area contributed by atoms with Crippen LogP contribution >= 0.6 is 11.3 Å². The van der Waals surface area contributed by atoms with E-state index in [2.05, 4.69) is 20.2 Å². The van der Waals surface area contributed by atoms with Gasteiger partial charge in [-0.05, 0) is 35.9 Å². The molecule has 2 N–H and O–H groups in total. The van der Waals surface area contributed by atoms with Crippen molar-refractivity contribution in [3.05, 3.63) is 72.3 Å². The van der Waals surface area contributed by atoms with Gasteiger partial charge in [0, 0.05) is 18.5 Å². The first-order valence-corrected chi connectivity index (χ1v) is 11.9. The smallest absolute Gasteiger partial charge is 0.240 e. The maximum atomic E-state index is 12.5. The second-order valence-corrected chi connectivity index (χ2v) is 9.73. The molecule has 0 spiro atoms. The number of nitrogens with zero attached hydrogens (tertiary/aromatic N) is 2. The van der Waals surface area contributed by atoms with E-state index in [9.17, 15) is 13.2 Å². The number of carbonyl (C=O) groups is 1. The molecule has 0 fully saturated rings. The van der Waals surface area contributed by atoms with E-state index >= 15 is 0 Å². The molecule has 0 atom stereocenters. The van der Waals surface area contributed by atoms with Gasteiger partial charge in [0.1, 0.15) is 5.01 Å². The van der Waals surface area contributed by atoms with Crippen LogP contribution in [0.5, 0.6) is 0 Å². The second kappa shape index (κ2) is 8.93. The maximum Gasteiger partial charge on any atom is 0.240 e. The van der Waals surface area contributed by atoms with Crippen LogP contribution in [0.15, 0.2) is 71.6 Å². The van der Waals surface area contributed by atoms with E-state index in [0.717, 1.165) is 21.9 Å². The Morgan fingerprint density at radius 2 is 1.77 bits per heavy atom. The van der Waals surface area contributed by atoms with Gasteiger partial charge < -0.3 is 5.32 Å². The molecule has 0 saturated heterocycles. The molecule has 0 aliphatic rings. The van der Waals surface area contributed by atoms with Crippen molar-refractivity contribution in [3.8, 4) is 10.6 Å². The molecule has 9 heteroatoms. The number of anilines is 1. The summed E-state index contributed by atoms with van der Waals surface area (Å²) in [5.41, 5.74) is 2.04. The van der Waals surface area contributed by atoms with Gasteiger partial charge in [-0.2, -0.15) is 0 Å². The lowest BCUT2D eigenvalue weighted by Gasteiger charge is -2.07. The second-order valence-electron chi connectivity index (χ2n) is 6.99. The van der Waals surface area contributed by atoms with Crippen LogP contribution in [0.2, 0.25) is 0 Å². The van der Waals surface area contributed by atoms with Crippen LogP contribution in [0.25, 0.3) is 21.3 Å². The fourth-order valence-electron chi connectivity index (χ4n) is 3.07. The number of hydrogen-bond donors (Lipinski definition) is 2. The van der Waals surface area contributed by atoms with Gasteiger partial charge in [-0.1, -0.05) is 65.4 Å². The SMILES string of the molecule is Cc1cccc(-c2nnc(NC(=O)CCNS(=O)(=O)c3ccc4ccccc4c3)s2)c1. The first-order valence-electron chi connectivity index (χ1n) is 9.60. The van der Waals surface area contributed by atoms with E-state index in [1.807, 2.05) is 55.5 Å². The van der Waals surface area contributed by atoms with Crippen LogP contribution in [-0.4, -0.2) is 31.1 Å². The molecule has 158 valence electrons. The van der Waals surface area contributed by atoms with Crippen molar-refractivity contribution < 1.29 is 13.2 Å². The summed E-state index contributed by atoms with van der Waals surface area (Å²) in [6, 6.07) is 20.3. The number of aromatic nitrogens is 2. The molecule has 7 nitrogen and oxygen atoms in total. The Bertz CT molecular complexity index is 1350. The summed E-state index contributed by atoms with van der Waals surface area (Å²) in [5.74, 6) is -0.340. The highest BCUT2D eigenvalue weighted by molar-refractivity contribution is 7.89. The molecule has 1 amide bonds. The number of fused-ring (bicyclic) bond motifs is 1. The van der Waals surface area contributed by atoms with Gasteiger partial charge in [0.05, 0.1) is 4.90 Å². The van der Waals surface area contributed by atoms with Crippen molar-refractivity contribution in [2.75, 3.05) is 11.9 Å². The summed E-state index contributed by atoms with van der Waals surface area (Å²) in [6.07, 6.45) is -0.0217. The monoisotopic (exact) mass is 452 g/mol. The average Bonchev–Trinajstić information content (AvgIpc) is 3.21. The Balaban J connectivity index is 1.33. The largest absolute Gasteiger partial charge is 0.300 e. The Morgan fingerprint density at radius 3 is 2.58 bits per heavy atom. The molecule has 3 aromatic carbocycles. The molecule has 0 aliphatic carbocycles. The molecule has 4 aromatic rings. The van der Waals surface area contributed by atoms with E-state index in [1.165, 1.54) is 11.3 Å². The summed E-state index contributed by atoms with van der Waals surface area (Å²) in [4.78, 5) is 12.4. The molecule has 0 bridgehead atoms. The molecular formula is C22H20N4O3S2. The fraction of sp³-hybridized carbons (Fsp3) is 0.136. The summed E-state index contributed by atoms with van der Waals surface area (Å²) in [7, 11) is -3.71. The molecule has 0 unspecified atom stereocenters. The number of nitrogens with one attached hydrogen (secondary N) is 2. The van der Waals surface area contributed by atoms with Gasteiger partial charge in [0.2, 0.25) is 21.1 Å². The number of rotatable bonds is 7. The van der Waals surface area contributed by atoms with Crippen LogP contribution in [0.3, 0.4) is 0 Å². The zero-order valence-electron chi connectivity index (χ0n) is 16.7. The highest BCUT2D eigenvalue weighted by Crippen LogP contribution is 2.26. The van der Waals surface area contributed by atoms with Gasteiger partial charge in [0.25, 0.3) is 0 Å². The number of hydrogen-bond acceptors (Lipinski definition) is 6. The molecule has 1 aromatic heterocycles. The molecule has 1 heterocycles. The number of amides is 1. The summed E-state index contributed by atoms with van der Waals surface area (Å²) >= 11 is 1.27. The predicted octanol–water partition coefficient (Wildman–Crippen LogP) is 3.97. The Kier molecular flexibility index (Phi) is 6.08. The summed E-state index contributed by atoms with van der Waals surface area (Å²) in [5, 5.41) is 13.6. The zero-order chi connectivity index (χ0) is 21.8. The standard InChI is InChI=1S/C22H20N4O3S2/c1-15-5-4-8-18(13-15)21-25-26-22(30-21)24-20(27)11-12-23-31(28,29)19-10-9-16-6-2-3-7-17(16)14-19/h2-10,13-14,23H,11-12H2,1H3,(H,24,26,27). The van der Waals surface area contributed by atoms with E-state index < -0.39 is 10.0 Å². The van der Waals surface area contributed by atoms with Crippen LogP contribution < -0.4 is 10.0 Å². The van der Waals surface area contributed by atoms with Gasteiger partial charge in [-0.3, -0.25) is 4.79 Å². The Hall–Kier alpha value is -3.14. The van der Waals surface area contributed by atoms with E-state index in [4.69, 9.17) is 0 Å². The van der Waals surface area contributed by atoms with E-state index in [0.29, 0.717) is 10.1 Å². The summed E-state index contributed by atoms with van der Waals surface area (Å²) < 4.78 is 27.6. The topological polar surface area (TPSA) is 101 Å². The quantitative estimate of drug-likeness (QED) is 0.442. The summed E-state index contributed by atoms with van der Waals surface area (Å²) in [6.45, 7) is 1.97. The lowest BCUT2D eigenvalue weighted by atomic mass is 10.1. The van der Waals surface area contributed by atoms with Crippen LogP contribution in [0, 0.1) is 6.92 Å². The van der Waals surface area contributed by atoms with Gasteiger partial charge >= 0.3 is 0 Å². The first-order chi connectivity index (χ1) is 14.9. The third kappa shape index (κ3) is 5.13. The highest BCUT2D eigenvalue weighted by Gasteiger charge is 2.15. The molecule has 0 aliphatic heterocycles. The van der Waals surface area contributed by atoms with Crippen molar-refractivity contribution >= 4 is 43.2 Å². The van der Waals surface area contributed by atoms with E-state index in [1.54, 1.807) is 18.2 Å². The minimum Gasteiger partial charge on any atom is -0.300 e. The van der Waals surface area contributed by atoms with Crippen molar-refractivity contribution in [1.82, 2.24) is 14.9 Å². The Labute approximate surface area is 184 Å². The Morgan fingerprint density at radius 1 is 0.968 bits per heavy atom. The maximum absolute atomic E-state index is 12.5. The number of sulfonamides is 1. The van der Waals surface area contributed by atoms with Crippen LogP contribution in [0.4, 0.5) is 5.13 Å². The van der Waals surface area contributed by atoms with Crippen molar-refractivity contribution in [2.24, 2.45) is 0 Å². The lowest BCUT2D eigenvalue weighted by molar-refractivity contribution is -0.116. The first kappa shape index (κ1) is 21.1. The highest BCUT2D eigenvalue weighted by atomic mass is 32.2. The lowest BCUT2D eigenvalue weighted by Crippen LogP contribution is -2.27. The van der Waals surface area contributed by atoms with Crippen molar-refractivity contribution in [3.63, 3.8) is 0 Å². The van der Waals surface area contributed by atoms with Gasteiger partial charge in [-0.15, -0.1) is 10.2 Å². The van der Waals surface area contributed by atoms with E-state index in [-0.39, 0.29) is 23.8 Å². The average molecular weight is 453 g/mol. The van der Waals surface area contributed by atoms with Crippen LogP contribution in [0.1, 0.15) is 12.0 Å². The van der Waals surface area contributed by atoms with Crippen molar-refractivity contribution in [1.29, 1.82) is 0 Å². The zero-order valence-corrected chi connectivity index (χ0v) is 18.3.